The van der Waals surface area contributed by atoms with Crippen LogP contribution < -0.4 is 28.4 Å². The average molecular weight is 591 g/mol. The maximum atomic E-state index is 14.5. The zero-order chi connectivity index (χ0) is 30.7. The highest BCUT2D eigenvalue weighted by molar-refractivity contribution is 6.14. The van der Waals surface area contributed by atoms with Crippen LogP contribution in [-0.4, -0.2) is 27.1 Å². The van der Waals surface area contributed by atoms with Crippen molar-refractivity contribution < 1.29 is 33.2 Å². The zero-order valence-corrected chi connectivity index (χ0v) is 24.9. The summed E-state index contributed by atoms with van der Waals surface area (Å²) in [6.45, 7) is 0.781. The van der Waals surface area contributed by atoms with Crippen LogP contribution in [0.5, 0.6) is 34.5 Å². The first-order chi connectivity index (χ1) is 21.6. The van der Waals surface area contributed by atoms with Gasteiger partial charge in [-0.25, -0.2) is 0 Å². The van der Waals surface area contributed by atoms with Gasteiger partial charge in [0, 0.05) is 12.1 Å². The number of hydrogen-bond donors (Lipinski definition) is 0. The molecule has 0 aliphatic rings. The van der Waals surface area contributed by atoms with Crippen LogP contribution in [0.1, 0.15) is 32.6 Å². The average Bonchev–Trinajstić information content (AvgIpc) is 3.09. The van der Waals surface area contributed by atoms with Crippen LogP contribution in [0.15, 0.2) is 115 Å². The zero-order valence-electron chi connectivity index (χ0n) is 24.9. The molecule has 0 saturated heterocycles. The van der Waals surface area contributed by atoms with E-state index in [2.05, 4.69) is 0 Å². The predicted octanol–water partition coefficient (Wildman–Crippen LogP) is 7.68. The maximum absolute atomic E-state index is 14.5. The first kappa shape index (κ1) is 30.0. The lowest BCUT2D eigenvalue weighted by atomic mass is 9.99. The molecule has 5 rings (SSSR count). The Morgan fingerprint density at radius 3 is 1.39 bits per heavy atom. The summed E-state index contributed by atoms with van der Waals surface area (Å²) < 4.78 is 35.6. The fraction of sp³-hybridized carbons (Fsp3) is 0.162. The van der Waals surface area contributed by atoms with Crippen molar-refractivity contribution in [2.45, 2.75) is 19.8 Å². The van der Waals surface area contributed by atoms with Crippen molar-refractivity contribution in [2.24, 2.45) is 0 Å². The lowest BCUT2D eigenvalue weighted by molar-refractivity contribution is 0.102. The van der Waals surface area contributed by atoms with Gasteiger partial charge in [0.2, 0.25) is 11.5 Å². The second kappa shape index (κ2) is 14.6. The van der Waals surface area contributed by atoms with E-state index in [9.17, 15) is 4.79 Å². The smallest absolute Gasteiger partial charge is 0.204 e. The lowest BCUT2D eigenvalue weighted by Crippen LogP contribution is -2.12. The SMILES string of the molecule is COc1ccc(C(=O)c2c(OCc3ccccc3)cc(OCc3ccccc3)cc2OCc2ccccc2)c(OC)c1OC. The summed E-state index contributed by atoms with van der Waals surface area (Å²) in [5.41, 5.74) is 3.38. The molecule has 0 fully saturated rings. The molecule has 0 bridgehead atoms. The highest BCUT2D eigenvalue weighted by Gasteiger charge is 2.28. The van der Waals surface area contributed by atoms with E-state index < -0.39 is 0 Å². The second-order valence-electron chi connectivity index (χ2n) is 9.83. The third-order valence-electron chi connectivity index (χ3n) is 6.94. The quantitative estimate of drug-likeness (QED) is 0.123. The molecule has 224 valence electrons. The third-order valence-corrected chi connectivity index (χ3v) is 6.94. The highest BCUT2D eigenvalue weighted by atomic mass is 16.5. The summed E-state index contributed by atoms with van der Waals surface area (Å²) in [5.74, 6) is 1.73. The van der Waals surface area contributed by atoms with E-state index in [1.165, 1.54) is 21.3 Å². The number of ether oxygens (including phenoxy) is 6. The van der Waals surface area contributed by atoms with Crippen LogP contribution in [0.2, 0.25) is 0 Å². The predicted molar refractivity (Wildman–Crippen MR) is 168 cm³/mol. The molecule has 7 nitrogen and oxygen atoms in total. The minimum absolute atomic E-state index is 0.227. The van der Waals surface area contributed by atoms with Gasteiger partial charge in [-0.2, -0.15) is 0 Å². The topological polar surface area (TPSA) is 72.5 Å². The van der Waals surface area contributed by atoms with Crippen molar-refractivity contribution in [3.8, 4) is 34.5 Å². The molecular formula is C37H34O7. The summed E-state index contributed by atoms with van der Waals surface area (Å²) in [4.78, 5) is 14.5. The normalized spacial score (nSPS) is 10.5. The Morgan fingerprint density at radius 2 is 0.955 bits per heavy atom. The molecule has 5 aromatic carbocycles. The summed E-state index contributed by atoms with van der Waals surface area (Å²) in [5, 5.41) is 0. The third kappa shape index (κ3) is 7.13. The Labute approximate surface area is 257 Å². The van der Waals surface area contributed by atoms with Crippen molar-refractivity contribution in [2.75, 3.05) is 21.3 Å². The number of rotatable bonds is 14. The molecule has 0 spiro atoms. The molecule has 0 aliphatic carbocycles. The lowest BCUT2D eigenvalue weighted by Gasteiger charge is -2.20. The van der Waals surface area contributed by atoms with Crippen LogP contribution in [0.3, 0.4) is 0 Å². The molecule has 0 heterocycles. The van der Waals surface area contributed by atoms with E-state index >= 15 is 0 Å². The van der Waals surface area contributed by atoms with Gasteiger partial charge >= 0.3 is 0 Å². The molecule has 0 unspecified atom stereocenters. The number of carbonyl (C=O) groups is 1. The number of methoxy groups -OCH3 is 3. The first-order valence-corrected chi connectivity index (χ1v) is 14.1. The van der Waals surface area contributed by atoms with Gasteiger partial charge in [0.25, 0.3) is 0 Å². The Morgan fingerprint density at radius 1 is 0.500 bits per heavy atom. The molecule has 0 amide bonds. The van der Waals surface area contributed by atoms with E-state index in [0.717, 1.165) is 16.7 Å². The van der Waals surface area contributed by atoms with E-state index in [1.807, 2.05) is 91.0 Å². The van der Waals surface area contributed by atoms with E-state index in [1.54, 1.807) is 24.3 Å². The molecule has 0 N–H and O–H groups in total. The van der Waals surface area contributed by atoms with Crippen molar-refractivity contribution in [3.05, 3.63) is 143 Å². The van der Waals surface area contributed by atoms with Gasteiger partial charge in [-0.3, -0.25) is 4.79 Å². The molecule has 0 aliphatic heterocycles. The first-order valence-electron chi connectivity index (χ1n) is 14.1. The second-order valence-corrected chi connectivity index (χ2v) is 9.83. The highest BCUT2D eigenvalue weighted by Crippen LogP contribution is 2.44. The molecule has 0 atom stereocenters. The van der Waals surface area contributed by atoms with E-state index in [4.69, 9.17) is 28.4 Å². The molecule has 0 aromatic heterocycles. The summed E-state index contributed by atoms with van der Waals surface area (Å²) >= 11 is 0. The minimum Gasteiger partial charge on any atom is -0.493 e. The maximum Gasteiger partial charge on any atom is 0.204 e. The Kier molecular flexibility index (Phi) is 10.0. The Balaban J connectivity index is 1.61. The van der Waals surface area contributed by atoms with Gasteiger partial charge in [0.1, 0.15) is 42.6 Å². The monoisotopic (exact) mass is 590 g/mol. The summed E-state index contributed by atoms with van der Waals surface area (Å²) in [6, 6.07) is 36.1. The standard InChI is InChI=1S/C37H34O7/c1-39-31-20-19-30(36(40-2)37(31)41-3)35(38)34-32(43-24-27-15-9-5-10-16-27)21-29(42-23-26-13-7-4-8-14-26)22-33(34)44-25-28-17-11-6-12-18-28/h4-22H,23-25H2,1-3H3. The number of benzene rings is 5. The molecular weight excluding hydrogens is 556 g/mol. The van der Waals surface area contributed by atoms with Crippen LogP contribution in [-0.2, 0) is 19.8 Å². The van der Waals surface area contributed by atoms with Crippen molar-refractivity contribution in [1.29, 1.82) is 0 Å². The van der Waals surface area contributed by atoms with Crippen LogP contribution in [0.4, 0.5) is 0 Å². The van der Waals surface area contributed by atoms with Crippen LogP contribution in [0.25, 0.3) is 0 Å². The number of hydrogen-bond acceptors (Lipinski definition) is 7. The van der Waals surface area contributed by atoms with Gasteiger partial charge < -0.3 is 28.4 Å². The van der Waals surface area contributed by atoms with E-state index in [-0.39, 0.29) is 35.9 Å². The van der Waals surface area contributed by atoms with Crippen molar-refractivity contribution >= 4 is 5.78 Å². The minimum atomic E-state index is -0.372. The molecule has 0 saturated carbocycles. The van der Waals surface area contributed by atoms with Crippen molar-refractivity contribution in [1.82, 2.24) is 0 Å². The summed E-state index contributed by atoms with van der Waals surface area (Å²) in [6.07, 6.45) is 0. The van der Waals surface area contributed by atoms with Gasteiger partial charge in [0.05, 0.1) is 26.9 Å². The fourth-order valence-corrected chi connectivity index (χ4v) is 4.73. The molecule has 44 heavy (non-hydrogen) atoms. The number of carbonyl (C=O) groups excluding carboxylic acids is 1. The van der Waals surface area contributed by atoms with Crippen LogP contribution in [0, 0.1) is 0 Å². The molecule has 0 radical (unpaired) electrons. The van der Waals surface area contributed by atoms with Crippen molar-refractivity contribution in [3.63, 3.8) is 0 Å². The molecule has 7 heteroatoms. The number of ketones is 1. The Hall–Kier alpha value is -5.43. The van der Waals surface area contributed by atoms with Gasteiger partial charge in [0.15, 0.2) is 11.5 Å². The molecule has 5 aromatic rings. The van der Waals surface area contributed by atoms with Gasteiger partial charge in [-0.1, -0.05) is 91.0 Å². The van der Waals surface area contributed by atoms with Gasteiger partial charge in [-0.05, 0) is 28.8 Å². The van der Waals surface area contributed by atoms with E-state index in [0.29, 0.717) is 35.4 Å². The summed E-state index contributed by atoms with van der Waals surface area (Å²) in [7, 11) is 4.50. The largest absolute Gasteiger partial charge is 0.493 e. The fourth-order valence-electron chi connectivity index (χ4n) is 4.73. The Bertz CT molecular complexity index is 1600. The van der Waals surface area contributed by atoms with Gasteiger partial charge in [-0.15, -0.1) is 0 Å². The van der Waals surface area contributed by atoms with Crippen LogP contribution >= 0.6 is 0 Å².